The highest BCUT2D eigenvalue weighted by atomic mass is 16.5. The van der Waals surface area contributed by atoms with Gasteiger partial charge in [0.05, 0.1) is 25.0 Å². The van der Waals surface area contributed by atoms with Crippen LogP contribution in [0.4, 0.5) is 0 Å². The Morgan fingerprint density at radius 3 is 2.76 bits per heavy atom. The highest BCUT2D eigenvalue weighted by molar-refractivity contribution is 5.31. The van der Waals surface area contributed by atoms with Crippen LogP contribution in [0, 0.1) is 6.92 Å². The lowest BCUT2D eigenvalue weighted by Gasteiger charge is -2.20. The van der Waals surface area contributed by atoms with E-state index in [1.807, 2.05) is 4.68 Å². The largest absolute Gasteiger partial charge is 0.493 e. The van der Waals surface area contributed by atoms with Crippen molar-refractivity contribution >= 4 is 0 Å². The molecule has 0 aliphatic heterocycles. The van der Waals surface area contributed by atoms with E-state index in [2.05, 4.69) is 55.5 Å². The molecule has 1 unspecified atom stereocenters. The Morgan fingerprint density at radius 2 is 2.14 bits per heavy atom. The lowest BCUT2D eigenvalue weighted by Crippen LogP contribution is -2.26. The maximum atomic E-state index is 5.49. The number of methoxy groups -OCH3 is 1. The molecular weight excluding hydrogens is 262 g/mol. The Balaban J connectivity index is 2.32. The molecule has 2 aromatic rings. The van der Waals surface area contributed by atoms with Crippen molar-refractivity contribution in [2.24, 2.45) is 0 Å². The van der Waals surface area contributed by atoms with Gasteiger partial charge in [0.2, 0.25) is 0 Å². The summed E-state index contributed by atoms with van der Waals surface area (Å²) in [6.07, 6.45) is 2.73. The van der Waals surface area contributed by atoms with Gasteiger partial charge < -0.3 is 10.1 Å². The first-order valence-electron chi connectivity index (χ1n) is 7.58. The molecule has 2 rings (SSSR count). The Bertz CT molecular complexity index is 556. The zero-order valence-electron chi connectivity index (χ0n) is 13.4. The minimum Gasteiger partial charge on any atom is -0.493 e. The second-order valence-corrected chi connectivity index (χ2v) is 5.22. The van der Waals surface area contributed by atoms with Crippen LogP contribution in [-0.4, -0.2) is 23.4 Å². The quantitative estimate of drug-likeness (QED) is 0.850. The molecule has 1 N–H and O–H groups in total. The Labute approximate surface area is 127 Å². The van der Waals surface area contributed by atoms with E-state index in [0.29, 0.717) is 0 Å². The van der Waals surface area contributed by atoms with Crippen LogP contribution in [0.2, 0.25) is 0 Å². The first-order valence-corrected chi connectivity index (χ1v) is 7.58. The molecule has 0 aliphatic rings. The monoisotopic (exact) mass is 287 g/mol. The second kappa shape index (κ2) is 7.27. The summed E-state index contributed by atoms with van der Waals surface area (Å²) >= 11 is 0. The average molecular weight is 287 g/mol. The number of rotatable bonds is 7. The van der Waals surface area contributed by atoms with Gasteiger partial charge in [0, 0.05) is 6.54 Å². The standard InChI is InChI=1S/C17H25N3O/c1-5-18-15(11-14-9-7-8-13(3)10-14)17-16(21-4)12-19-20(17)6-2/h7-10,12,15,18H,5-6,11H2,1-4H3. The van der Waals surface area contributed by atoms with Crippen molar-refractivity contribution in [1.29, 1.82) is 0 Å². The van der Waals surface area contributed by atoms with Gasteiger partial charge in [0.15, 0.2) is 5.75 Å². The summed E-state index contributed by atoms with van der Waals surface area (Å²) in [6.45, 7) is 8.11. The number of nitrogens with zero attached hydrogens (tertiary/aromatic N) is 2. The average Bonchev–Trinajstić information content (AvgIpc) is 2.89. The second-order valence-electron chi connectivity index (χ2n) is 5.22. The number of aryl methyl sites for hydroxylation is 2. The lowest BCUT2D eigenvalue weighted by molar-refractivity contribution is 0.391. The summed E-state index contributed by atoms with van der Waals surface area (Å²) in [5, 5.41) is 7.98. The molecule has 114 valence electrons. The van der Waals surface area contributed by atoms with Crippen molar-refractivity contribution in [3.8, 4) is 5.75 Å². The third-order valence-corrected chi connectivity index (χ3v) is 3.67. The van der Waals surface area contributed by atoms with Crippen molar-refractivity contribution in [3.63, 3.8) is 0 Å². The van der Waals surface area contributed by atoms with E-state index in [9.17, 15) is 0 Å². The van der Waals surface area contributed by atoms with Crippen LogP contribution in [0.3, 0.4) is 0 Å². The summed E-state index contributed by atoms with van der Waals surface area (Å²) in [4.78, 5) is 0. The highest BCUT2D eigenvalue weighted by Crippen LogP contribution is 2.27. The van der Waals surface area contributed by atoms with E-state index in [0.717, 1.165) is 31.0 Å². The van der Waals surface area contributed by atoms with Crippen molar-refractivity contribution in [2.75, 3.05) is 13.7 Å². The SMILES string of the molecule is CCNC(Cc1cccc(C)c1)c1c(OC)cnn1CC. The summed E-state index contributed by atoms with van der Waals surface area (Å²) in [6, 6.07) is 8.86. The first-order chi connectivity index (χ1) is 10.2. The Kier molecular flexibility index (Phi) is 5.39. The number of aromatic nitrogens is 2. The highest BCUT2D eigenvalue weighted by Gasteiger charge is 2.21. The molecule has 1 aromatic heterocycles. The van der Waals surface area contributed by atoms with Gasteiger partial charge in [-0.1, -0.05) is 36.8 Å². The maximum absolute atomic E-state index is 5.49. The van der Waals surface area contributed by atoms with Crippen molar-refractivity contribution in [3.05, 3.63) is 47.3 Å². The summed E-state index contributed by atoms with van der Waals surface area (Å²) < 4.78 is 7.51. The zero-order valence-corrected chi connectivity index (χ0v) is 13.4. The van der Waals surface area contributed by atoms with Gasteiger partial charge >= 0.3 is 0 Å². The fourth-order valence-electron chi connectivity index (χ4n) is 2.73. The zero-order chi connectivity index (χ0) is 15.2. The van der Waals surface area contributed by atoms with Crippen LogP contribution < -0.4 is 10.1 Å². The van der Waals surface area contributed by atoms with Gasteiger partial charge in [0.25, 0.3) is 0 Å². The molecule has 0 aliphatic carbocycles. The summed E-state index contributed by atoms with van der Waals surface area (Å²) in [5.74, 6) is 0.857. The van der Waals surface area contributed by atoms with Gasteiger partial charge in [-0.3, -0.25) is 4.68 Å². The maximum Gasteiger partial charge on any atom is 0.161 e. The van der Waals surface area contributed by atoms with Crippen LogP contribution in [0.15, 0.2) is 30.5 Å². The molecule has 0 bridgehead atoms. The fourth-order valence-corrected chi connectivity index (χ4v) is 2.73. The topological polar surface area (TPSA) is 39.1 Å². The molecule has 0 amide bonds. The van der Waals surface area contributed by atoms with Gasteiger partial charge in [-0.05, 0) is 32.4 Å². The van der Waals surface area contributed by atoms with Crippen molar-refractivity contribution < 1.29 is 4.74 Å². The molecule has 0 fully saturated rings. The van der Waals surface area contributed by atoms with Crippen molar-refractivity contribution in [2.45, 2.75) is 39.8 Å². The van der Waals surface area contributed by atoms with Gasteiger partial charge in [-0.2, -0.15) is 5.10 Å². The number of nitrogens with one attached hydrogen (secondary N) is 1. The van der Waals surface area contributed by atoms with E-state index < -0.39 is 0 Å². The van der Waals surface area contributed by atoms with Crippen LogP contribution in [0.1, 0.15) is 36.7 Å². The molecule has 0 saturated carbocycles. The van der Waals surface area contributed by atoms with Crippen molar-refractivity contribution in [1.82, 2.24) is 15.1 Å². The summed E-state index contributed by atoms with van der Waals surface area (Å²) in [5.41, 5.74) is 3.74. The van der Waals surface area contributed by atoms with Gasteiger partial charge in [0.1, 0.15) is 0 Å². The summed E-state index contributed by atoms with van der Waals surface area (Å²) in [7, 11) is 1.70. The van der Waals surface area contributed by atoms with E-state index in [-0.39, 0.29) is 6.04 Å². The third-order valence-electron chi connectivity index (χ3n) is 3.67. The molecule has 0 spiro atoms. The van der Waals surface area contributed by atoms with E-state index >= 15 is 0 Å². The Morgan fingerprint density at radius 1 is 1.33 bits per heavy atom. The number of ether oxygens (including phenoxy) is 1. The molecule has 1 atom stereocenters. The molecule has 1 heterocycles. The molecule has 4 heteroatoms. The first kappa shape index (κ1) is 15.6. The molecule has 0 radical (unpaired) electrons. The molecule has 1 aromatic carbocycles. The third kappa shape index (κ3) is 3.64. The number of hydrogen-bond acceptors (Lipinski definition) is 3. The minimum atomic E-state index is 0.203. The fraction of sp³-hybridized carbons (Fsp3) is 0.471. The van der Waals surface area contributed by atoms with E-state index in [1.165, 1.54) is 11.1 Å². The van der Waals surface area contributed by atoms with E-state index in [1.54, 1.807) is 13.3 Å². The van der Waals surface area contributed by atoms with Gasteiger partial charge in [-0.15, -0.1) is 0 Å². The van der Waals surface area contributed by atoms with Crippen LogP contribution in [0.5, 0.6) is 5.75 Å². The van der Waals surface area contributed by atoms with Crippen LogP contribution in [0.25, 0.3) is 0 Å². The van der Waals surface area contributed by atoms with Gasteiger partial charge in [-0.25, -0.2) is 0 Å². The van der Waals surface area contributed by atoms with Crippen LogP contribution in [-0.2, 0) is 13.0 Å². The molecular formula is C17H25N3O. The molecule has 21 heavy (non-hydrogen) atoms. The number of hydrogen-bond donors (Lipinski definition) is 1. The van der Waals surface area contributed by atoms with Crippen LogP contribution >= 0.6 is 0 Å². The normalized spacial score (nSPS) is 12.4. The van der Waals surface area contributed by atoms with E-state index in [4.69, 9.17) is 4.74 Å². The minimum absolute atomic E-state index is 0.203. The predicted molar refractivity (Wildman–Crippen MR) is 85.8 cm³/mol. The molecule has 4 nitrogen and oxygen atoms in total. The lowest BCUT2D eigenvalue weighted by atomic mass is 10.0. The Hall–Kier alpha value is -1.81. The predicted octanol–water partition coefficient (Wildman–Crippen LogP) is 3.11. The number of likely N-dealkylation sites (N-methyl/N-ethyl adjacent to an activating group) is 1. The molecule has 0 saturated heterocycles. The smallest absolute Gasteiger partial charge is 0.161 e. The number of benzene rings is 1.